The molecule has 0 spiro atoms. The molecule has 0 atom stereocenters. The molecule has 96 valence electrons. The van der Waals surface area contributed by atoms with Crippen molar-refractivity contribution >= 4 is 0 Å². The summed E-state index contributed by atoms with van der Waals surface area (Å²) in [4.78, 5) is 2.56. The van der Waals surface area contributed by atoms with Crippen LogP contribution < -0.4 is 5.32 Å². The zero-order valence-corrected chi connectivity index (χ0v) is 11.0. The number of hydrogen-bond acceptors (Lipinski definition) is 3. The molecule has 1 N–H and O–H groups in total. The predicted octanol–water partition coefficient (Wildman–Crippen LogP) is 2.41. The molecule has 1 aliphatic rings. The quantitative estimate of drug-likeness (QED) is 0.796. The van der Waals surface area contributed by atoms with Crippen molar-refractivity contribution < 1.29 is 4.42 Å². The number of rotatable bonds is 5. The molecule has 3 nitrogen and oxygen atoms in total. The first kappa shape index (κ1) is 12.7. The first-order valence-corrected chi connectivity index (χ1v) is 6.72. The van der Waals surface area contributed by atoms with Crippen LogP contribution in [0.4, 0.5) is 0 Å². The molecule has 1 aromatic rings. The van der Waals surface area contributed by atoms with Gasteiger partial charge in [0.15, 0.2) is 0 Å². The van der Waals surface area contributed by atoms with Crippen LogP contribution in [0.1, 0.15) is 31.3 Å². The van der Waals surface area contributed by atoms with E-state index < -0.39 is 0 Å². The second-order valence-electron chi connectivity index (χ2n) is 5.21. The summed E-state index contributed by atoms with van der Waals surface area (Å²) >= 11 is 0. The highest BCUT2D eigenvalue weighted by Crippen LogP contribution is 2.15. The minimum atomic E-state index is 0.845. The van der Waals surface area contributed by atoms with Gasteiger partial charge in [0.05, 0.1) is 6.54 Å². The topological polar surface area (TPSA) is 28.4 Å². The van der Waals surface area contributed by atoms with Gasteiger partial charge < -0.3 is 14.6 Å². The zero-order chi connectivity index (χ0) is 12.1. The van der Waals surface area contributed by atoms with E-state index in [2.05, 4.69) is 17.1 Å². The third-order valence-electron chi connectivity index (χ3n) is 3.58. The van der Waals surface area contributed by atoms with Gasteiger partial charge in [-0.2, -0.15) is 0 Å². The van der Waals surface area contributed by atoms with Gasteiger partial charge in [-0.3, -0.25) is 0 Å². The second-order valence-corrected chi connectivity index (χ2v) is 5.21. The molecule has 0 amide bonds. The maximum Gasteiger partial charge on any atom is 0.117 e. The monoisotopic (exact) mass is 236 g/mol. The van der Waals surface area contributed by atoms with Crippen LogP contribution >= 0.6 is 0 Å². The van der Waals surface area contributed by atoms with E-state index in [0.717, 1.165) is 37.1 Å². The third-order valence-corrected chi connectivity index (χ3v) is 3.58. The van der Waals surface area contributed by atoms with E-state index in [0.29, 0.717) is 0 Å². The van der Waals surface area contributed by atoms with Crippen LogP contribution in [0.2, 0.25) is 0 Å². The van der Waals surface area contributed by atoms with Gasteiger partial charge in [0, 0.05) is 13.1 Å². The van der Waals surface area contributed by atoms with E-state index in [9.17, 15) is 0 Å². The average molecular weight is 236 g/mol. The van der Waals surface area contributed by atoms with Crippen LogP contribution in [0, 0.1) is 12.8 Å². The predicted molar refractivity (Wildman–Crippen MR) is 70.0 cm³/mol. The SMILES string of the molecule is Cc1ccc(CNCCN2CCC(C)CC2)o1. The minimum absolute atomic E-state index is 0.845. The van der Waals surface area contributed by atoms with E-state index in [4.69, 9.17) is 4.42 Å². The van der Waals surface area contributed by atoms with Gasteiger partial charge in [0.25, 0.3) is 0 Å². The van der Waals surface area contributed by atoms with E-state index >= 15 is 0 Å². The van der Waals surface area contributed by atoms with Gasteiger partial charge >= 0.3 is 0 Å². The minimum Gasteiger partial charge on any atom is -0.465 e. The molecule has 2 heterocycles. The molecule has 1 fully saturated rings. The molecule has 0 saturated carbocycles. The van der Waals surface area contributed by atoms with Gasteiger partial charge in [-0.1, -0.05) is 6.92 Å². The Labute approximate surface area is 104 Å². The highest BCUT2D eigenvalue weighted by molar-refractivity contribution is 5.05. The number of nitrogens with one attached hydrogen (secondary N) is 1. The number of hydrogen-bond donors (Lipinski definition) is 1. The summed E-state index contributed by atoms with van der Waals surface area (Å²) in [6, 6.07) is 4.06. The highest BCUT2D eigenvalue weighted by Gasteiger charge is 2.14. The summed E-state index contributed by atoms with van der Waals surface area (Å²) < 4.78 is 5.51. The fourth-order valence-corrected chi connectivity index (χ4v) is 2.31. The van der Waals surface area contributed by atoms with E-state index in [1.807, 2.05) is 19.1 Å². The van der Waals surface area contributed by atoms with Crippen LogP contribution in [0.25, 0.3) is 0 Å². The zero-order valence-electron chi connectivity index (χ0n) is 11.0. The van der Waals surface area contributed by atoms with Crippen molar-refractivity contribution in [1.29, 1.82) is 0 Å². The largest absolute Gasteiger partial charge is 0.465 e. The Morgan fingerprint density at radius 1 is 1.35 bits per heavy atom. The molecular formula is C14H24N2O. The molecule has 1 saturated heterocycles. The number of nitrogens with zero attached hydrogens (tertiary/aromatic N) is 1. The van der Waals surface area contributed by atoms with Crippen molar-refractivity contribution in [2.75, 3.05) is 26.2 Å². The van der Waals surface area contributed by atoms with E-state index in [-0.39, 0.29) is 0 Å². The van der Waals surface area contributed by atoms with Gasteiger partial charge in [-0.15, -0.1) is 0 Å². The Morgan fingerprint density at radius 3 is 2.76 bits per heavy atom. The molecule has 2 rings (SSSR count). The van der Waals surface area contributed by atoms with Crippen LogP contribution in [0.15, 0.2) is 16.5 Å². The summed E-state index contributed by atoms with van der Waals surface area (Å²) in [5, 5.41) is 3.44. The van der Waals surface area contributed by atoms with Crippen molar-refractivity contribution in [2.24, 2.45) is 5.92 Å². The van der Waals surface area contributed by atoms with Crippen molar-refractivity contribution in [2.45, 2.75) is 33.2 Å². The Kier molecular flexibility index (Phi) is 4.63. The standard InChI is InChI=1S/C14H24N2O/c1-12-5-8-16(9-6-12)10-7-15-11-14-4-3-13(2)17-14/h3-4,12,15H,5-11H2,1-2H3. The number of piperidine rings is 1. The Bertz CT molecular complexity index is 327. The summed E-state index contributed by atoms with van der Waals surface area (Å²) in [6.07, 6.45) is 2.72. The maximum absolute atomic E-state index is 5.51. The van der Waals surface area contributed by atoms with E-state index in [1.165, 1.54) is 25.9 Å². The van der Waals surface area contributed by atoms with Crippen molar-refractivity contribution in [3.05, 3.63) is 23.7 Å². The van der Waals surface area contributed by atoms with Gasteiger partial charge in [-0.05, 0) is 50.9 Å². The lowest BCUT2D eigenvalue weighted by Crippen LogP contribution is -2.37. The average Bonchev–Trinajstić information content (AvgIpc) is 2.73. The normalized spacial score (nSPS) is 18.7. The lowest BCUT2D eigenvalue weighted by molar-refractivity contribution is 0.192. The highest BCUT2D eigenvalue weighted by atomic mass is 16.3. The van der Waals surface area contributed by atoms with Crippen LogP contribution in [0.5, 0.6) is 0 Å². The number of furan rings is 1. The van der Waals surface area contributed by atoms with Crippen molar-refractivity contribution in [3.8, 4) is 0 Å². The van der Waals surface area contributed by atoms with Gasteiger partial charge in [-0.25, -0.2) is 0 Å². The molecule has 1 aliphatic heterocycles. The Hall–Kier alpha value is -0.800. The molecule has 0 aromatic carbocycles. The maximum atomic E-state index is 5.51. The summed E-state index contributed by atoms with van der Waals surface area (Å²) in [6.45, 7) is 9.93. The third kappa shape index (κ3) is 4.17. The summed E-state index contributed by atoms with van der Waals surface area (Å²) in [5.74, 6) is 2.95. The first-order valence-electron chi connectivity index (χ1n) is 6.72. The summed E-state index contributed by atoms with van der Waals surface area (Å²) in [7, 11) is 0. The summed E-state index contributed by atoms with van der Waals surface area (Å²) in [5.41, 5.74) is 0. The lowest BCUT2D eigenvalue weighted by atomic mass is 9.99. The molecule has 1 aromatic heterocycles. The van der Waals surface area contributed by atoms with Crippen LogP contribution in [-0.4, -0.2) is 31.1 Å². The molecule has 17 heavy (non-hydrogen) atoms. The second kappa shape index (κ2) is 6.22. The van der Waals surface area contributed by atoms with Gasteiger partial charge in [0.1, 0.15) is 11.5 Å². The molecular weight excluding hydrogens is 212 g/mol. The fourth-order valence-electron chi connectivity index (χ4n) is 2.31. The Morgan fingerprint density at radius 2 is 2.12 bits per heavy atom. The number of aryl methyl sites for hydroxylation is 1. The smallest absolute Gasteiger partial charge is 0.117 e. The van der Waals surface area contributed by atoms with Crippen LogP contribution in [0.3, 0.4) is 0 Å². The van der Waals surface area contributed by atoms with E-state index in [1.54, 1.807) is 0 Å². The molecule has 3 heteroatoms. The van der Waals surface area contributed by atoms with Gasteiger partial charge in [0.2, 0.25) is 0 Å². The lowest BCUT2D eigenvalue weighted by Gasteiger charge is -2.30. The first-order chi connectivity index (χ1) is 8.24. The van der Waals surface area contributed by atoms with Crippen molar-refractivity contribution in [3.63, 3.8) is 0 Å². The number of likely N-dealkylation sites (tertiary alicyclic amines) is 1. The van der Waals surface area contributed by atoms with Crippen LogP contribution in [-0.2, 0) is 6.54 Å². The molecule has 0 aliphatic carbocycles. The fraction of sp³-hybridized carbons (Fsp3) is 0.714. The molecule has 0 radical (unpaired) electrons. The Balaban J connectivity index is 1.57. The molecule has 0 unspecified atom stereocenters. The molecule has 0 bridgehead atoms. The van der Waals surface area contributed by atoms with Crippen molar-refractivity contribution in [1.82, 2.24) is 10.2 Å².